The average Bonchev–Trinajstić information content (AvgIpc) is 2.43. The largest absolute Gasteiger partial charge is 0.481 e. The Morgan fingerprint density at radius 2 is 1.45 bits per heavy atom. The van der Waals surface area contributed by atoms with E-state index in [1.165, 1.54) is 6.26 Å². The third kappa shape index (κ3) is 3.81. The van der Waals surface area contributed by atoms with Gasteiger partial charge < -0.3 is 19.9 Å². The number of aliphatic hydroxyl groups is 1. The molecule has 4 nitrogen and oxygen atoms in total. The molecular formula is C16H15NO3. The summed E-state index contributed by atoms with van der Waals surface area (Å²) in [4.78, 5) is 0. The highest BCUT2D eigenvalue weighted by molar-refractivity contribution is 5.61. The fourth-order valence-electron chi connectivity index (χ4n) is 1.62. The first kappa shape index (κ1) is 13.5. The van der Waals surface area contributed by atoms with Crippen LogP contribution in [0.2, 0.25) is 0 Å². The predicted octanol–water partition coefficient (Wildman–Crippen LogP) is 4.36. The van der Waals surface area contributed by atoms with Crippen LogP contribution in [0.4, 0.5) is 11.4 Å². The van der Waals surface area contributed by atoms with E-state index >= 15 is 0 Å². The van der Waals surface area contributed by atoms with Crippen molar-refractivity contribution in [2.75, 3.05) is 5.32 Å². The molecule has 0 fully saturated rings. The van der Waals surface area contributed by atoms with Gasteiger partial charge in [-0.3, -0.25) is 0 Å². The lowest BCUT2D eigenvalue weighted by atomic mass is 10.2. The van der Waals surface area contributed by atoms with E-state index in [1.54, 1.807) is 12.1 Å². The highest BCUT2D eigenvalue weighted by Crippen LogP contribution is 2.22. The second kappa shape index (κ2) is 6.33. The van der Waals surface area contributed by atoms with Crippen LogP contribution in [0.5, 0.6) is 11.5 Å². The Hall–Kier alpha value is -2.88. The molecule has 0 spiro atoms. The molecule has 2 N–H and O–H groups in total. The van der Waals surface area contributed by atoms with Crippen molar-refractivity contribution in [2.45, 2.75) is 0 Å². The van der Waals surface area contributed by atoms with Gasteiger partial charge >= 0.3 is 0 Å². The van der Waals surface area contributed by atoms with E-state index in [1.807, 2.05) is 36.4 Å². The van der Waals surface area contributed by atoms with E-state index in [2.05, 4.69) is 18.5 Å². The molecule has 0 radical (unpaired) electrons. The van der Waals surface area contributed by atoms with Crippen LogP contribution in [-0.4, -0.2) is 5.11 Å². The first-order valence-corrected chi connectivity index (χ1v) is 5.98. The van der Waals surface area contributed by atoms with Crippen LogP contribution in [0.1, 0.15) is 0 Å². The maximum absolute atomic E-state index is 8.93. The highest BCUT2D eigenvalue weighted by Gasteiger charge is 1.98. The second-order valence-corrected chi connectivity index (χ2v) is 3.95. The van der Waals surface area contributed by atoms with E-state index in [9.17, 15) is 0 Å². The normalized spacial score (nSPS) is 9.60. The number of anilines is 2. The van der Waals surface area contributed by atoms with Gasteiger partial charge in [-0.05, 0) is 55.1 Å². The third-order valence-electron chi connectivity index (χ3n) is 2.45. The van der Waals surface area contributed by atoms with Gasteiger partial charge in [-0.25, -0.2) is 0 Å². The fraction of sp³-hybridized carbons (Fsp3) is 0. The molecule has 0 amide bonds. The van der Waals surface area contributed by atoms with Gasteiger partial charge in [-0.15, -0.1) is 0 Å². The van der Waals surface area contributed by atoms with Crippen molar-refractivity contribution in [2.24, 2.45) is 0 Å². The van der Waals surface area contributed by atoms with Crippen LogP contribution in [0.15, 0.2) is 73.9 Å². The first-order valence-electron chi connectivity index (χ1n) is 5.98. The van der Waals surface area contributed by atoms with Gasteiger partial charge in [-0.2, -0.15) is 0 Å². The van der Waals surface area contributed by atoms with Crippen LogP contribution < -0.4 is 14.8 Å². The fourth-order valence-corrected chi connectivity index (χ4v) is 1.62. The Balaban J connectivity index is 2.02. The van der Waals surface area contributed by atoms with Gasteiger partial charge in [-0.1, -0.05) is 6.58 Å². The van der Waals surface area contributed by atoms with Crippen LogP contribution in [0.3, 0.4) is 0 Å². The number of benzene rings is 2. The van der Waals surface area contributed by atoms with Crippen molar-refractivity contribution in [3.8, 4) is 11.5 Å². The minimum Gasteiger partial charge on any atom is -0.481 e. The van der Waals surface area contributed by atoms with Crippen molar-refractivity contribution in [1.82, 2.24) is 0 Å². The molecule has 0 aliphatic carbocycles. The zero-order valence-electron chi connectivity index (χ0n) is 10.9. The van der Waals surface area contributed by atoms with E-state index in [0.717, 1.165) is 17.1 Å². The van der Waals surface area contributed by atoms with Crippen LogP contribution >= 0.6 is 0 Å². The number of ether oxygens (including phenoxy) is 2. The lowest BCUT2D eigenvalue weighted by Crippen LogP contribution is -1.93. The van der Waals surface area contributed by atoms with Crippen molar-refractivity contribution in [3.05, 3.63) is 73.9 Å². The summed E-state index contributed by atoms with van der Waals surface area (Å²) in [5, 5.41) is 12.2. The molecule has 4 heteroatoms. The molecule has 0 aliphatic heterocycles. The molecule has 0 saturated carbocycles. The van der Waals surface area contributed by atoms with E-state index in [4.69, 9.17) is 14.6 Å². The van der Waals surface area contributed by atoms with E-state index in [0.29, 0.717) is 5.75 Å². The zero-order valence-corrected chi connectivity index (χ0v) is 10.9. The Morgan fingerprint density at radius 1 is 0.950 bits per heavy atom. The maximum Gasteiger partial charge on any atom is 0.274 e. The standard InChI is InChI=1S/C16H15NO3/c1-3-19-15-8-4-13(5-9-15)17-14-6-10-16(11-7-14)20-12(2)18/h3-11,17-18H,1-2H2. The average molecular weight is 269 g/mol. The Labute approximate surface area is 117 Å². The summed E-state index contributed by atoms with van der Waals surface area (Å²) < 4.78 is 10.1. The minimum atomic E-state index is -0.330. The molecule has 0 atom stereocenters. The van der Waals surface area contributed by atoms with Gasteiger partial charge in [0, 0.05) is 11.4 Å². The summed E-state index contributed by atoms with van der Waals surface area (Å²) in [6.07, 6.45) is 1.39. The maximum atomic E-state index is 8.93. The SMILES string of the molecule is C=COc1ccc(Nc2ccc(OC(=C)O)cc2)cc1. The van der Waals surface area contributed by atoms with Gasteiger partial charge in [0.2, 0.25) is 0 Å². The molecule has 2 aromatic rings. The summed E-state index contributed by atoms with van der Waals surface area (Å²) in [6.45, 7) is 6.76. The molecule has 0 unspecified atom stereocenters. The lowest BCUT2D eigenvalue weighted by Gasteiger charge is -2.08. The summed E-state index contributed by atoms with van der Waals surface area (Å²) in [5.41, 5.74) is 1.83. The molecule has 2 aromatic carbocycles. The summed E-state index contributed by atoms with van der Waals surface area (Å²) in [6, 6.07) is 14.6. The topological polar surface area (TPSA) is 50.7 Å². The minimum absolute atomic E-state index is 0.330. The summed E-state index contributed by atoms with van der Waals surface area (Å²) in [5.74, 6) is 0.928. The molecule has 0 bridgehead atoms. The van der Waals surface area contributed by atoms with Gasteiger partial charge in [0.25, 0.3) is 5.95 Å². The number of nitrogens with one attached hydrogen (secondary N) is 1. The summed E-state index contributed by atoms with van der Waals surface area (Å²) >= 11 is 0. The van der Waals surface area contributed by atoms with Gasteiger partial charge in [0.1, 0.15) is 11.5 Å². The van der Waals surface area contributed by atoms with Crippen LogP contribution in [0.25, 0.3) is 0 Å². The van der Waals surface area contributed by atoms with Crippen molar-refractivity contribution >= 4 is 11.4 Å². The Kier molecular flexibility index (Phi) is 4.29. The molecule has 2 rings (SSSR count). The molecule has 20 heavy (non-hydrogen) atoms. The second-order valence-electron chi connectivity index (χ2n) is 3.95. The van der Waals surface area contributed by atoms with Crippen molar-refractivity contribution < 1.29 is 14.6 Å². The third-order valence-corrected chi connectivity index (χ3v) is 2.45. The monoisotopic (exact) mass is 269 g/mol. The molecule has 102 valence electrons. The zero-order chi connectivity index (χ0) is 14.4. The van der Waals surface area contributed by atoms with Gasteiger partial charge in [0.05, 0.1) is 6.26 Å². The van der Waals surface area contributed by atoms with E-state index in [-0.39, 0.29) is 5.95 Å². The molecule has 0 aliphatic rings. The van der Waals surface area contributed by atoms with Crippen molar-refractivity contribution in [1.29, 1.82) is 0 Å². The quantitative estimate of drug-likeness (QED) is 0.765. The molecule has 0 saturated heterocycles. The Bertz CT molecular complexity index is 588. The van der Waals surface area contributed by atoms with E-state index < -0.39 is 0 Å². The molecular weight excluding hydrogens is 254 g/mol. The first-order chi connectivity index (χ1) is 9.67. The predicted molar refractivity (Wildman–Crippen MR) is 79.4 cm³/mol. The smallest absolute Gasteiger partial charge is 0.274 e. The van der Waals surface area contributed by atoms with Crippen molar-refractivity contribution in [3.63, 3.8) is 0 Å². The molecule has 0 aromatic heterocycles. The number of rotatable bonds is 6. The van der Waals surface area contributed by atoms with Gasteiger partial charge in [0.15, 0.2) is 0 Å². The van der Waals surface area contributed by atoms with Crippen LogP contribution in [0, 0.1) is 0 Å². The van der Waals surface area contributed by atoms with Crippen LogP contribution in [-0.2, 0) is 0 Å². The summed E-state index contributed by atoms with van der Waals surface area (Å²) in [7, 11) is 0. The number of hydrogen-bond acceptors (Lipinski definition) is 4. The Morgan fingerprint density at radius 3 is 1.90 bits per heavy atom. The number of aliphatic hydroxyl groups excluding tert-OH is 1. The molecule has 0 heterocycles. The number of hydrogen-bond donors (Lipinski definition) is 2. The lowest BCUT2D eigenvalue weighted by molar-refractivity contribution is 0.211. The highest BCUT2D eigenvalue weighted by atomic mass is 16.6.